The summed E-state index contributed by atoms with van der Waals surface area (Å²) in [5, 5.41) is 9.66. The topological polar surface area (TPSA) is 66.6 Å². The van der Waals surface area contributed by atoms with Gasteiger partial charge >= 0.3 is 5.97 Å². The molecular weight excluding hydrogens is 252 g/mol. The second-order valence-electron chi connectivity index (χ2n) is 4.25. The van der Waals surface area contributed by atoms with Crippen LogP contribution in [0.5, 0.6) is 0 Å². The summed E-state index contributed by atoms with van der Waals surface area (Å²) in [6, 6.07) is 3.26. The van der Waals surface area contributed by atoms with Crippen molar-refractivity contribution in [3.8, 4) is 0 Å². The Balaban J connectivity index is 3.41. The monoisotopic (exact) mass is 270 g/mol. The highest BCUT2D eigenvalue weighted by Crippen LogP contribution is 2.34. The van der Waals surface area contributed by atoms with Gasteiger partial charge in [-0.2, -0.15) is 0 Å². The number of rotatable bonds is 5. The molecule has 3 N–H and O–H groups in total. The molecule has 1 atom stereocenters. The molecule has 0 saturated carbocycles. The van der Waals surface area contributed by atoms with Crippen molar-refractivity contribution >= 4 is 28.9 Å². The number of hydrogen-bond donors (Lipinski definition) is 2. The number of carbonyl (C=O) groups is 1. The number of nitrogen functional groups attached to an aromatic ring is 1. The first-order valence-electron chi connectivity index (χ1n) is 6.01. The molecule has 0 aliphatic rings. The molecule has 0 aliphatic carbocycles. The largest absolute Gasteiger partial charge is 0.478 e. The predicted molar refractivity (Wildman–Crippen MR) is 75.6 cm³/mol. The Labute approximate surface area is 112 Å². The zero-order valence-corrected chi connectivity index (χ0v) is 11.7. The molecule has 0 amide bonds. The van der Waals surface area contributed by atoms with Crippen LogP contribution in [0, 0.1) is 0 Å². The van der Waals surface area contributed by atoms with E-state index < -0.39 is 5.97 Å². The van der Waals surface area contributed by atoms with Crippen molar-refractivity contribution in [2.24, 2.45) is 0 Å². The van der Waals surface area contributed by atoms with Crippen LogP contribution in [0.4, 0.5) is 11.4 Å². The molecule has 18 heavy (non-hydrogen) atoms. The number of nitrogens with zero attached hydrogens (tertiary/aromatic N) is 1. The molecule has 5 heteroatoms. The van der Waals surface area contributed by atoms with Gasteiger partial charge in [-0.15, -0.1) is 0 Å². The van der Waals surface area contributed by atoms with Gasteiger partial charge in [0.15, 0.2) is 0 Å². The van der Waals surface area contributed by atoms with Crippen molar-refractivity contribution in [2.45, 2.75) is 33.2 Å². The highest BCUT2D eigenvalue weighted by molar-refractivity contribution is 6.34. The Kier molecular flexibility index (Phi) is 4.84. The van der Waals surface area contributed by atoms with Gasteiger partial charge in [-0.05, 0) is 32.4 Å². The third-order valence-corrected chi connectivity index (χ3v) is 3.36. The quantitative estimate of drug-likeness (QED) is 0.806. The Morgan fingerprint density at radius 3 is 2.56 bits per heavy atom. The van der Waals surface area contributed by atoms with Gasteiger partial charge in [0, 0.05) is 18.3 Å². The summed E-state index contributed by atoms with van der Waals surface area (Å²) >= 11 is 6.17. The standard InChI is InChI=1S/C13H19ClN2O2/c1-4-8(3)16(5-2)12-10(13(17)18)6-9(15)7-11(12)14/h6-8H,4-5,15H2,1-3H3,(H,17,18). The second-order valence-corrected chi connectivity index (χ2v) is 4.65. The van der Waals surface area contributed by atoms with Crippen molar-refractivity contribution in [3.05, 3.63) is 22.7 Å². The first-order valence-corrected chi connectivity index (χ1v) is 6.39. The summed E-state index contributed by atoms with van der Waals surface area (Å²) in [6.45, 7) is 6.77. The smallest absolute Gasteiger partial charge is 0.337 e. The summed E-state index contributed by atoms with van der Waals surface area (Å²) in [5.74, 6) is -1.01. The van der Waals surface area contributed by atoms with Crippen molar-refractivity contribution in [1.82, 2.24) is 0 Å². The number of halogens is 1. The Morgan fingerprint density at radius 1 is 1.50 bits per heavy atom. The van der Waals surface area contributed by atoms with Crippen molar-refractivity contribution in [1.29, 1.82) is 0 Å². The fourth-order valence-electron chi connectivity index (χ4n) is 1.99. The van der Waals surface area contributed by atoms with Gasteiger partial charge in [-0.3, -0.25) is 0 Å². The van der Waals surface area contributed by atoms with Crippen LogP contribution in [-0.2, 0) is 0 Å². The molecule has 0 bridgehead atoms. The summed E-state index contributed by atoms with van der Waals surface area (Å²) in [7, 11) is 0. The van der Waals surface area contributed by atoms with Crippen LogP contribution in [0.15, 0.2) is 12.1 Å². The van der Waals surface area contributed by atoms with Crippen LogP contribution in [0.3, 0.4) is 0 Å². The van der Waals surface area contributed by atoms with Crippen LogP contribution in [-0.4, -0.2) is 23.7 Å². The van der Waals surface area contributed by atoms with Crippen LogP contribution in [0.1, 0.15) is 37.6 Å². The van der Waals surface area contributed by atoms with Crippen molar-refractivity contribution in [2.75, 3.05) is 17.2 Å². The molecule has 4 nitrogen and oxygen atoms in total. The van der Waals surface area contributed by atoms with Gasteiger partial charge in [-0.1, -0.05) is 18.5 Å². The Hall–Kier alpha value is -1.42. The van der Waals surface area contributed by atoms with Gasteiger partial charge in [0.2, 0.25) is 0 Å². The maximum atomic E-state index is 11.3. The number of aromatic carboxylic acids is 1. The summed E-state index contributed by atoms with van der Waals surface area (Å²) in [4.78, 5) is 13.3. The highest BCUT2D eigenvalue weighted by Gasteiger charge is 2.22. The predicted octanol–water partition coefficient (Wildman–Crippen LogP) is 3.25. The van der Waals surface area contributed by atoms with Crippen LogP contribution >= 0.6 is 11.6 Å². The lowest BCUT2D eigenvalue weighted by molar-refractivity contribution is 0.0697. The lowest BCUT2D eigenvalue weighted by atomic mass is 10.1. The van der Waals surface area contributed by atoms with E-state index in [-0.39, 0.29) is 11.6 Å². The fraction of sp³-hybridized carbons (Fsp3) is 0.462. The molecule has 100 valence electrons. The molecule has 0 heterocycles. The van der Waals surface area contributed by atoms with E-state index >= 15 is 0 Å². The fourth-order valence-corrected chi connectivity index (χ4v) is 2.32. The first-order chi connectivity index (χ1) is 8.42. The molecule has 1 aromatic carbocycles. The first kappa shape index (κ1) is 14.6. The normalized spacial score (nSPS) is 12.2. The van der Waals surface area contributed by atoms with Gasteiger partial charge in [0.1, 0.15) is 0 Å². The molecule has 0 aromatic heterocycles. The zero-order chi connectivity index (χ0) is 13.9. The summed E-state index contributed by atoms with van der Waals surface area (Å²) in [6.07, 6.45) is 0.910. The lowest BCUT2D eigenvalue weighted by Gasteiger charge is -2.31. The number of carboxylic acids is 1. The van der Waals surface area contributed by atoms with Crippen molar-refractivity contribution in [3.63, 3.8) is 0 Å². The third kappa shape index (κ3) is 2.88. The number of hydrogen-bond acceptors (Lipinski definition) is 3. The summed E-state index contributed by atoms with van der Waals surface area (Å²) in [5.41, 5.74) is 6.72. The van der Waals surface area contributed by atoms with E-state index in [0.717, 1.165) is 6.42 Å². The van der Waals surface area contributed by atoms with Crippen LogP contribution in [0.25, 0.3) is 0 Å². The Bertz CT molecular complexity index is 449. The molecule has 0 spiro atoms. The van der Waals surface area contributed by atoms with Gasteiger partial charge < -0.3 is 15.7 Å². The summed E-state index contributed by atoms with van der Waals surface area (Å²) < 4.78 is 0. The van der Waals surface area contributed by atoms with E-state index in [1.165, 1.54) is 6.07 Å². The van der Waals surface area contributed by atoms with Crippen LogP contribution in [0.2, 0.25) is 5.02 Å². The highest BCUT2D eigenvalue weighted by atomic mass is 35.5. The molecule has 1 aromatic rings. The van der Waals surface area contributed by atoms with E-state index in [4.69, 9.17) is 17.3 Å². The van der Waals surface area contributed by atoms with E-state index in [2.05, 4.69) is 6.92 Å². The van der Waals surface area contributed by atoms with Crippen molar-refractivity contribution < 1.29 is 9.90 Å². The molecule has 0 radical (unpaired) electrons. The SMILES string of the molecule is CCC(C)N(CC)c1c(Cl)cc(N)cc1C(=O)O. The number of nitrogens with two attached hydrogens (primary N) is 1. The van der Waals surface area contributed by atoms with E-state index in [1.54, 1.807) is 6.07 Å². The maximum Gasteiger partial charge on any atom is 0.337 e. The second kappa shape index (κ2) is 5.96. The van der Waals surface area contributed by atoms with E-state index in [1.807, 2.05) is 18.7 Å². The molecule has 0 aliphatic heterocycles. The minimum Gasteiger partial charge on any atom is -0.478 e. The number of anilines is 2. The minimum absolute atomic E-state index is 0.155. The maximum absolute atomic E-state index is 11.3. The Morgan fingerprint density at radius 2 is 2.11 bits per heavy atom. The van der Waals surface area contributed by atoms with Gasteiger partial charge in [0.05, 0.1) is 16.3 Å². The average molecular weight is 271 g/mol. The average Bonchev–Trinajstić information content (AvgIpc) is 2.31. The molecule has 0 fully saturated rings. The minimum atomic E-state index is -1.01. The molecule has 1 unspecified atom stereocenters. The zero-order valence-electron chi connectivity index (χ0n) is 10.9. The molecule has 1 rings (SSSR count). The number of benzene rings is 1. The number of carboxylic acid groups (broad SMARTS) is 1. The van der Waals surface area contributed by atoms with Gasteiger partial charge in [0.25, 0.3) is 0 Å². The lowest BCUT2D eigenvalue weighted by Crippen LogP contribution is -2.33. The molecular formula is C13H19ClN2O2. The van der Waals surface area contributed by atoms with Gasteiger partial charge in [-0.25, -0.2) is 4.79 Å². The third-order valence-electron chi connectivity index (χ3n) is 3.07. The van der Waals surface area contributed by atoms with E-state index in [0.29, 0.717) is 22.9 Å². The van der Waals surface area contributed by atoms with Crippen LogP contribution < -0.4 is 10.6 Å². The van der Waals surface area contributed by atoms with E-state index in [9.17, 15) is 9.90 Å². The molecule has 0 saturated heterocycles.